The van der Waals surface area contributed by atoms with Gasteiger partial charge in [0.2, 0.25) is 0 Å². The molecule has 0 aromatic rings. The van der Waals surface area contributed by atoms with Gasteiger partial charge in [-0.2, -0.15) is 0 Å². The molecule has 2 rings (SSSR count). The SMILES string of the molecule is CC1=CC(=O)[C@]2(C)CC(C)[C@H]1C2=O. The van der Waals surface area contributed by atoms with E-state index in [4.69, 9.17) is 0 Å². The van der Waals surface area contributed by atoms with Crippen LogP contribution in [-0.4, -0.2) is 11.6 Å². The first-order chi connectivity index (χ1) is 5.97. The molecule has 0 heterocycles. The molecule has 3 atom stereocenters. The van der Waals surface area contributed by atoms with Gasteiger partial charge in [0.05, 0.1) is 5.41 Å². The van der Waals surface area contributed by atoms with Crippen LogP contribution in [0.1, 0.15) is 27.2 Å². The number of hydrogen-bond donors (Lipinski definition) is 0. The summed E-state index contributed by atoms with van der Waals surface area (Å²) >= 11 is 0. The van der Waals surface area contributed by atoms with Gasteiger partial charge >= 0.3 is 0 Å². The van der Waals surface area contributed by atoms with Crippen LogP contribution >= 0.6 is 0 Å². The highest BCUT2D eigenvalue weighted by Crippen LogP contribution is 2.49. The molecule has 1 unspecified atom stereocenters. The van der Waals surface area contributed by atoms with Crippen LogP contribution in [0.2, 0.25) is 0 Å². The van der Waals surface area contributed by atoms with Gasteiger partial charge in [0.1, 0.15) is 0 Å². The minimum absolute atomic E-state index is 0.00981. The Bertz CT molecular complexity index is 327. The summed E-state index contributed by atoms with van der Waals surface area (Å²) in [6.45, 7) is 5.74. The van der Waals surface area contributed by atoms with Gasteiger partial charge < -0.3 is 0 Å². The molecule has 13 heavy (non-hydrogen) atoms. The molecule has 0 aromatic heterocycles. The Labute approximate surface area is 78.0 Å². The van der Waals surface area contributed by atoms with Gasteiger partial charge in [-0.3, -0.25) is 9.59 Å². The van der Waals surface area contributed by atoms with Gasteiger partial charge in [0.25, 0.3) is 0 Å². The van der Waals surface area contributed by atoms with Crippen molar-refractivity contribution >= 4 is 11.6 Å². The summed E-state index contributed by atoms with van der Waals surface area (Å²) in [5.74, 6) is 0.503. The zero-order valence-electron chi connectivity index (χ0n) is 8.26. The molecule has 2 aliphatic carbocycles. The van der Waals surface area contributed by atoms with Crippen LogP contribution in [0, 0.1) is 17.3 Å². The lowest BCUT2D eigenvalue weighted by Crippen LogP contribution is -2.36. The molecular formula is C11H14O2. The molecule has 70 valence electrons. The minimum Gasteiger partial charge on any atom is -0.298 e. The molecule has 0 N–H and O–H groups in total. The summed E-state index contributed by atoms with van der Waals surface area (Å²) < 4.78 is 0. The second-order valence-electron chi connectivity index (χ2n) is 4.61. The predicted molar refractivity (Wildman–Crippen MR) is 49.1 cm³/mol. The first kappa shape index (κ1) is 8.67. The first-order valence-electron chi connectivity index (χ1n) is 4.74. The summed E-state index contributed by atoms with van der Waals surface area (Å²) in [6.07, 6.45) is 2.39. The topological polar surface area (TPSA) is 34.1 Å². The highest BCUT2D eigenvalue weighted by molar-refractivity contribution is 6.17. The number of carbonyl (C=O) groups excluding carboxylic acids is 2. The van der Waals surface area contributed by atoms with E-state index in [0.29, 0.717) is 5.92 Å². The van der Waals surface area contributed by atoms with Gasteiger partial charge in [0.15, 0.2) is 11.6 Å². The third kappa shape index (κ3) is 0.888. The highest BCUT2D eigenvalue weighted by atomic mass is 16.2. The third-order valence-electron chi connectivity index (χ3n) is 3.52. The zero-order valence-corrected chi connectivity index (χ0v) is 8.26. The van der Waals surface area contributed by atoms with Crippen molar-refractivity contribution in [3.05, 3.63) is 11.6 Å². The van der Waals surface area contributed by atoms with Crippen LogP contribution in [0.5, 0.6) is 0 Å². The lowest BCUT2D eigenvalue weighted by atomic mass is 9.76. The Hall–Kier alpha value is -0.920. The fraction of sp³-hybridized carbons (Fsp3) is 0.636. The van der Waals surface area contributed by atoms with Gasteiger partial charge in [0, 0.05) is 5.92 Å². The summed E-state index contributed by atoms with van der Waals surface area (Å²) in [6, 6.07) is 0. The van der Waals surface area contributed by atoms with Crippen LogP contribution in [0.25, 0.3) is 0 Å². The molecule has 1 fully saturated rings. The van der Waals surface area contributed by atoms with Crippen LogP contribution in [0.4, 0.5) is 0 Å². The van der Waals surface area contributed by atoms with E-state index in [9.17, 15) is 9.59 Å². The Morgan fingerprint density at radius 2 is 2.08 bits per heavy atom. The van der Waals surface area contributed by atoms with E-state index < -0.39 is 5.41 Å². The lowest BCUT2D eigenvalue weighted by Gasteiger charge is -2.24. The number of rotatable bonds is 0. The summed E-state index contributed by atoms with van der Waals surface area (Å²) in [4.78, 5) is 23.5. The standard InChI is InChI=1S/C11H14O2/c1-6-4-8(12)11(3)5-7(2)9(6)10(11)13/h4,7,9H,5H2,1-3H3/t7?,9-,11-/m0/s1. The van der Waals surface area contributed by atoms with E-state index in [1.54, 1.807) is 13.0 Å². The van der Waals surface area contributed by atoms with E-state index in [1.165, 1.54) is 0 Å². The molecule has 0 amide bonds. The van der Waals surface area contributed by atoms with Gasteiger partial charge in [-0.15, -0.1) is 0 Å². The number of fused-ring (bicyclic) bond motifs is 2. The normalized spacial score (nSPS) is 43.8. The second kappa shape index (κ2) is 2.31. The second-order valence-corrected chi connectivity index (χ2v) is 4.61. The first-order valence-corrected chi connectivity index (χ1v) is 4.74. The molecular weight excluding hydrogens is 164 g/mol. The van der Waals surface area contributed by atoms with Crippen molar-refractivity contribution in [2.75, 3.05) is 0 Å². The van der Waals surface area contributed by atoms with E-state index in [2.05, 4.69) is 6.92 Å². The van der Waals surface area contributed by atoms with E-state index in [1.807, 2.05) is 6.92 Å². The molecule has 2 heteroatoms. The van der Waals surface area contributed by atoms with Crippen LogP contribution < -0.4 is 0 Å². The van der Waals surface area contributed by atoms with Crippen LogP contribution in [-0.2, 0) is 9.59 Å². The maximum absolute atomic E-state index is 11.9. The fourth-order valence-corrected chi connectivity index (χ4v) is 2.80. The average Bonchev–Trinajstić information content (AvgIpc) is 2.18. The van der Waals surface area contributed by atoms with E-state index in [0.717, 1.165) is 12.0 Å². The number of ketones is 2. The van der Waals surface area contributed by atoms with E-state index in [-0.39, 0.29) is 17.5 Å². The Morgan fingerprint density at radius 1 is 1.46 bits per heavy atom. The van der Waals surface area contributed by atoms with E-state index >= 15 is 0 Å². The van der Waals surface area contributed by atoms with Crippen LogP contribution in [0.15, 0.2) is 11.6 Å². The van der Waals surface area contributed by atoms with Gasteiger partial charge in [-0.05, 0) is 32.3 Å². The quantitative estimate of drug-likeness (QED) is 0.529. The summed E-state index contributed by atoms with van der Waals surface area (Å²) in [5.41, 5.74) is 0.265. The summed E-state index contributed by atoms with van der Waals surface area (Å²) in [7, 11) is 0. The number of allylic oxidation sites excluding steroid dienone is 2. The lowest BCUT2D eigenvalue weighted by molar-refractivity contribution is -0.136. The maximum atomic E-state index is 11.9. The van der Waals surface area contributed by atoms with Gasteiger partial charge in [-0.1, -0.05) is 12.5 Å². The molecule has 0 radical (unpaired) electrons. The fourth-order valence-electron chi connectivity index (χ4n) is 2.80. The predicted octanol–water partition coefficient (Wildman–Crippen LogP) is 1.75. The Balaban J connectivity index is 2.57. The van der Waals surface area contributed by atoms with Crippen LogP contribution in [0.3, 0.4) is 0 Å². The van der Waals surface area contributed by atoms with Crippen molar-refractivity contribution in [2.45, 2.75) is 27.2 Å². The number of hydrogen-bond acceptors (Lipinski definition) is 2. The Kier molecular flexibility index (Phi) is 1.54. The molecule has 0 saturated heterocycles. The minimum atomic E-state index is -0.691. The molecule has 2 nitrogen and oxygen atoms in total. The van der Waals surface area contributed by atoms with Crippen molar-refractivity contribution in [2.24, 2.45) is 17.3 Å². The smallest absolute Gasteiger partial charge is 0.168 e. The monoisotopic (exact) mass is 178 g/mol. The summed E-state index contributed by atoms with van der Waals surface area (Å²) in [5, 5.41) is 0. The molecule has 2 bridgehead atoms. The molecule has 0 aliphatic heterocycles. The van der Waals surface area contributed by atoms with Crippen molar-refractivity contribution in [3.63, 3.8) is 0 Å². The van der Waals surface area contributed by atoms with Crippen molar-refractivity contribution in [3.8, 4) is 0 Å². The molecule has 0 spiro atoms. The third-order valence-corrected chi connectivity index (χ3v) is 3.52. The molecule has 1 saturated carbocycles. The van der Waals surface area contributed by atoms with Crippen molar-refractivity contribution in [1.29, 1.82) is 0 Å². The zero-order chi connectivity index (χ0) is 9.80. The largest absolute Gasteiger partial charge is 0.298 e. The van der Waals surface area contributed by atoms with Crippen molar-refractivity contribution < 1.29 is 9.59 Å². The molecule has 2 aliphatic rings. The Morgan fingerprint density at radius 3 is 2.69 bits per heavy atom. The van der Waals surface area contributed by atoms with Gasteiger partial charge in [-0.25, -0.2) is 0 Å². The van der Waals surface area contributed by atoms with Crippen molar-refractivity contribution in [1.82, 2.24) is 0 Å². The maximum Gasteiger partial charge on any atom is 0.168 e. The number of carbonyl (C=O) groups is 2. The number of Topliss-reactive ketones (excluding diaryl/α,β-unsaturated/α-hetero) is 1. The molecule has 0 aromatic carbocycles. The average molecular weight is 178 g/mol. The highest BCUT2D eigenvalue weighted by Gasteiger charge is 2.55.